The van der Waals surface area contributed by atoms with Gasteiger partial charge in [0.2, 0.25) is 5.91 Å². The van der Waals surface area contributed by atoms with Gasteiger partial charge in [-0.3, -0.25) is 9.59 Å². The lowest BCUT2D eigenvalue weighted by molar-refractivity contribution is -0.124. The van der Waals surface area contributed by atoms with Crippen LogP contribution >= 0.6 is 11.8 Å². The molecule has 0 radical (unpaired) electrons. The Bertz CT molecular complexity index is 170. The molecular formula is C8H15NO2S. The van der Waals surface area contributed by atoms with E-state index in [1.807, 2.05) is 13.2 Å². The highest BCUT2D eigenvalue weighted by atomic mass is 32.2. The summed E-state index contributed by atoms with van der Waals surface area (Å²) in [6.07, 6.45) is 2.16. The Morgan fingerprint density at radius 3 is 2.42 bits per heavy atom. The zero-order valence-corrected chi connectivity index (χ0v) is 8.53. The summed E-state index contributed by atoms with van der Waals surface area (Å²) in [7, 11) is 0. The van der Waals surface area contributed by atoms with E-state index >= 15 is 0 Å². The minimum Gasteiger partial charge on any atom is -0.355 e. The fourth-order valence-electron chi connectivity index (χ4n) is 0.832. The Labute approximate surface area is 77.3 Å². The maximum atomic E-state index is 11.2. The Morgan fingerprint density at radius 2 is 2.08 bits per heavy atom. The summed E-state index contributed by atoms with van der Waals surface area (Å²) in [6, 6.07) is 0. The summed E-state index contributed by atoms with van der Waals surface area (Å²) in [5, 5.41) is 2.47. The van der Waals surface area contributed by atoms with E-state index in [2.05, 4.69) is 5.32 Å². The third kappa shape index (κ3) is 4.38. The molecule has 0 bridgehead atoms. The number of carbonyl (C=O) groups is 2. The molecule has 1 atom stereocenters. The fraction of sp³-hybridized carbons (Fsp3) is 0.750. The van der Waals surface area contributed by atoms with Gasteiger partial charge >= 0.3 is 0 Å². The van der Waals surface area contributed by atoms with Gasteiger partial charge in [-0.1, -0.05) is 0 Å². The maximum Gasteiger partial charge on any atom is 0.233 e. The van der Waals surface area contributed by atoms with E-state index in [0.717, 1.165) is 0 Å². The van der Waals surface area contributed by atoms with Crippen molar-refractivity contribution in [3.8, 4) is 0 Å². The van der Waals surface area contributed by atoms with Crippen LogP contribution in [-0.4, -0.2) is 29.7 Å². The molecule has 0 aromatic rings. The third-order valence-electron chi connectivity index (χ3n) is 1.40. The maximum absolute atomic E-state index is 11.2. The summed E-state index contributed by atoms with van der Waals surface area (Å²) < 4.78 is 0. The van der Waals surface area contributed by atoms with Gasteiger partial charge in [0.05, 0.1) is 5.25 Å². The van der Waals surface area contributed by atoms with Gasteiger partial charge in [-0.05, 0) is 20.1 Å². The van der Waals surface area contributed by atoms with Gasteiger partial charge in [-0.2, -0.15) is 11.8 Å². The minimum absolute atomic E-state index is 0.0415. The quantitative estimate of drug-likeness (QED) is 0.697. The van der Waals surface area contributed by atoms with Gasteiger partial charge < -0.3 is 5.32 Å². The first-order valence-corrected chi connectivity index (χ1v) is 5.20. The number of amides is 1. The van der Waals surface area contributed by atoms with E-state index in [1.165, 1.54) is 18.7 Å². The molecule has 0 aliphatic carbocycles. The smallest absolute Gasteiger partial charge is 0.233 e. The molecule has 0 aliphatic rings. The Kier molecular flexibility index (Phi) is 5.80. The molecule has 0 spiro atoms. The van der Waals surface area contributed by atoms with Crippen LogP contribution in [-0.2, 0) is 9.59 Å². The van der Waals surface area contributed by atoms with Gasteiger partial charge in [0, 0.05) is 13.0 Å². The SMILES string of the molecule is CCNC(=O)C(CC(C)=O)SC. The summed E-state index contributed by atoms with van der Waals surface area (Å²) in [5.41, 5.74) is 0. The molecule has 1 amide bonds. The van der Waals surface area contributed by atoms with Gasteiger partial charge in [-0.25, -0.2) is 0 Å². The number of carbonyl (C=O) groups excluding carboxylic acids is 2. The highest BCUT2D eigenvalue weighted by Crippen LogP contribution is 2.11. The largest absolute Gasteiger partial charge is 0.355 e. The second-order valence-electron chi connectivity index (χ2n) is 2.53. The van der Waals surface area contributed by atoms with Crippen molar-refractivity contribution in [2.45, 2.75) is 25.5 Å². The fourth-order valence-corrected chi connectivity index (χ4v) is 1.53. The van der Waals surface area contributed by atoms with E-state index in [1.54, 1.807) is 0 Å². The minimum atomic E-state index is -0.220. The van der Waals surface area contributed by atoms with Crippen molar-refractivity contribution in [3.05, 3.63) is 0 Å². The lowest BCUT2D eigenvalue weighted by Gasteiger charge is -2.11. The molecular weight excluding hydrogens is 174 g/mol. The highest BCUT2D eigenvalue weighted by Gasteiger charge is 2.17. The zero-order chi connectivity index (χ0) is 9.56. The first kappa shape index (κ1) is 11.5. The predicted molar refractivity (Wildman–Crippen MR) is 51.3 cm³/mol. The molecule has 0 saturated heterocycles. The molecule has 1 unspecified atom stereocenters. The Hall–Kier alpha value is -0.510. The van der Waals surface area contributed by atoms with E-state index in [-0.39, 0.29) is 16.9 Å². The number of hydrogen-bond acceptors (Lipinski definition) is 3. The van der Waals surface area contributed by atoms with Crippen LogP contribution in [0.1, 0.15) is 20.3 Å². The average molecular weight is 189 g/mol. The molecule has 0 aromatic heterocycles. The second kappa shape index (κ2) is 6.06. The van der Waals surface area contributed by atoms with Gasteiger partial charge in [-0.15, -0.1) is 0 Å². The van der Waals surface area contributed by atoms with Crippen LogP contribution in [0.3, 0.4) is 0 Å². The van der Waals surface area contributed by atoms with Crippen molar-refractivity contribution >= 4 is 23.5 Å². The second-order valence-corrected chi connectivity index (χ2v) is 3.57. The zero-order valence-electron chi connectivity index (χ0n) is 7.72. The highest BCUT2D eigenvalue weighted by molar-refractivity contribution is 7.99. The molecule has 12 heavy (non-hydrogen) atoms. The molecule has 0 fully saturated rings. The monoisotopic (exact) mass is 189 g/mol. The van der Waals surface area contributed by atoms with Gasteiger partial charge in [0.25, 0.3) is 0 Å². The van der Waals surface area contributed by atoms with Crippen molar-refractivity contribution in [2.75, 3.05) is 12.8 Å². The average Bonchev–Trinajstić information content (AvgIpc) is 2.00. The third-order valence-corrected chi connectivity index (χ3v) is 2.35. The van der Waals surface area contributed by atoms with E-state index in [0.29, 0.717) is 13.0 Å². The van der Waals surface area contributed by atoms with E-state index < -0.39 is 0 Å². The van der Waals surface area contributed by atoms with Crippen LogP contribution in [0.4, 0.5) is 0 Å². The van der Waals surface area contributed by atoms with E-state index in [9.17, 15) is 9.59 Å². The Morgan fingerprint density at radius 1 is 1.50 bits per heavy atom. The number of ketones is 1. The number of rotatable bonds is 5. The molecule has 1 N–H and O–H groups in total. The summed E-state index contributed by atoms with van der Waals surface area (Å²) in [4.78, 5) is 22.0. The lowest BCUT2D eigenvalue weighted by atomic mass is 10.2. The summed E-state index contributed by atoms with van der Waals surface area (Å²) in [5.74, 6) is 0.0146. The normalized spacial score (nSPS) is 12.2. The van der Waals surface area contributed by atoms with Gasteiger partial charge in [0.1, 0.15) is 5.78 Å². The molecule has 0 saturated carbocycles. The molecule has 4 heteroatoms. The lowest BCUT2D eigenvalue weighted by Crippen LogP contribution is -2.33. The van der Waals surface area contributed by atoms with Crippen molar-refractivity contribution in [1.82, 2.24) is 5.32 Å². The van der Waals surface area contributed by atoms with E-state index in [4.69, 9.17) is 0 Å². The standard InChI is InChI=1S/C8H15NO2S/c1-4-9-8(11)7(12-3)5-6(2)10/h7H,4-5H2,1-3H3,(H,9,11). The molecule has 0 aliphatic heterocycles. The van der Waals surface area contributed by atoms with Crippen LogP contribution in [0.2, 0.25) is 0 Å². The number of hydrogen-bond donors (Lipinski definition) is 1. The predicted octanol–water partition coefficient (Wildman–Crippen LogP) is 0.833. The molecule has 0 heterocycles. The van der Waals surface area contributed by atoms with Crippen LogP contribution in [0.15, 0.2) is 0 Å². The summed E-state index contributed by atoms with van der Waals surface area (Å²) >= 11 is 1.41. The van der Waals surface area contributed by atoms with Crippen molar-refractivity contribution in [3.63, 3.8) is 0 Å². The van der Waals surface area contributed by atoms with Crippen LogP contribution in [0.5, 0.6) is 0 Å². The van der Waals surface area contributed by atoms with Crippen molar-refractivity contribution in [2.24, 2.45) is 0 Å². The molecule has 0 aromatic carbocycles. The number of thioether (sulfide) groups is 1. The molecule has 0 rings (SSSR count). The van der Waals surface area contributed by atoms with Crippen LogP contribution in [0, 0.1) is 0 Å². The molecule has 3 nitrogen and oxygen atoms in total. The topological polar surface area (TPSA) is 46.2 Å². The molecule has 70 valence electrons. The van der Waals surface area contributed by atoms with Crippen molar-refractivity contribution in [1.29, 1.82) is 0 Å². The number of Topliss-reactive ketones (excluding diaryl/α,β-unsaturated/α-hetero) is 1. The number of nitrogens with one attached hydrogen (secondary N) is 1. The van der Waals surface area contributed by atoms with Crippen LogP contribution in [0.25, 0.3) is 0 Å². The van der Waals surface area contributed by atoms with Gasteiger partial charge in [0.15, 0.2) is 0 Å². The first-order chi connectivity index (χ1) is 5.61. The Balaban J connectivity index is 3.96. The van der Waals surface area contributed by atoms with Crippen molar-refractivity contribution < 1.29 is 9.59 Å². The first-order valence-electron chi connectivity index (χ1n) is 3.91. The summed E-state index contributed by atoms with van der Waals surface area (Å²) in [6.45, 7) is 3.99. The van der Waals surface area contributed by atoms with Crippen LogP contribution < -0.4 is 5.32 Å².